The molecule has 0 aliphatic rings. The van der Waals surface area contributed by atoms with Crippen molar-refractivity contribution in [3.8, 4) is 39.1 Å². The maximum atomic E-state index is 9.13. The minimum Gasteiger partial charge on any atom is -0.309 e. The number of rotatable bonds is 9. The van der Waals surface area contributed by atoms with Crippen LogP contribution in [0.4, 0.5) is 0 Å². The SMILES string of the molecule is N=C(/C=C(\Nn1c2ccc(-c3ccccc3)cc2c2cc(-c3ccc4c(c3)c3cc(-c5ccccc5)ccc3n4-c3cccc4ccccc34)ccc21)c1ccccc1)c1ccccc1. The first-order valence-corrected chi connectivity index (χ1v) is 22.1. The number of aromatic nitrogens is 2. The summed E-state index contributed by atoms with van der Waals surface area (Å²) in [5, 5.41) is 16.3. The van der Waals surface area contributed by atoms with Gasteiger partial charge in [-0.2, -0.15) is 0 Å². The Balaban J connectivity index is 1.05. The molecule has 0 unspecified atom stereocenters. The van der Waals surface area contributed by atoms with Crippen molar-refractivity contribution in [2.24, 2.45) is 0 Å². The van der Waals surface area contributed by atoms with E-state index in [1.807, 2.05) is 54.6 Å². The van der Waals surface area contributed by atoms with E-state index >= 15 is 0 Å². The molecule has 4 nitrogen and oxygen atoms in total. The van der Waals surface area contributed by atoms with Crippen molar-refractivity contribution in [3.05, 3.63) is 254 Å². The molecule has 2 heterocycles. The molecule has 2 N–H and O–H groups in total. The lowest BCUT2D eigenvalue weighted by atomic mass is 9.98. The summed E-state index contributed by atoms with van der Waals surface area (Å²) in [5.41, 5.74) is 19.5. The first kappa shape index (κ1) is 38.0. The van der Waals surface area contributed by atoms with E-state index in [9.17, 15) is 0 Å². The molecule has 4 heteroatoms. The minimum atomic E-state index is 0.430. The van der Waals surface area contributed by atoms with E-state index in [1.54, 1.807) is 0 Å². The first-order valence-electron chi connectivity index (χ1n) is 22.1. The lowest BCUT2D eigenvalue weighted by molar-refractivity contribution is 1.06. The van der Waals surface area contributed by atoms with Gasteiger partial charge in [-0.3, -0.25) is 10.1 Å². The Morgan fingerprint density at radius 1 is 0.354 bits per heavy atom. The van der Waals surface area contributed by atoms with Crippen molar-refractivity contribution in [2.45, 2.75) is 0 Å². The van der Waals surface area contributed by atoms with Crippen LogP contribution in [0.2, 0.25) is 0 Å². The van der Waals surface area contributed by atoms with Gasteiger partial charge in [0.25, 0.3) is 0 Å². The van der Waals surface area contributed by atoms with Gasteiger partial charge < -0.3 is 9.98 Å². The van der Waals surface area contributed by atoms with E-state index in [0.717, 1.165) is 55.3 Å². The number of allylic oxidation sites excluding steroid dienone is 1. The van der Waals surface area contributed by atoms with E-state index in [1.165, 1.54) is 55.0 Å². The Morgan fingerprint density at radius 2 is 0.769 bits per heavy atom. The normalized spacial score (nSPS) is 11.8. The summed E-state index contributed by atoms with van der Waals surface area (Å²) in [4.78, 5) is 0. The summed E-state index contributed by atoms with van der Waals surface area (Å²) < 4.78 is 4.63. The van der Waals surface area contributed by atoms with Crippen LogP contribution in [-0.2, 0) is 0 Å². The summed E-state index contributed by atoms with van der Waals surface area (Å²) >= 11 is 0. The van der Waals surface area contributed by atoms with Crippen LogP contribution in [-0.4, -0.2) is 15.0 Å². The molecule has 0 amide bonds. The molecule has 0 bridgehead atoms. The van der Waals surface area contributed by atoms with E-state index in [2.05, 4.69) is 203 Å². The zero-order valence-corrected chi connectivity index (χ0v) is 35.5. The summed E-state index contributed by atoms with van der Waals surface area (Å²) in [6.07, 6.45) is 1.93. The summed E-state index contributed by atoms with van der Waals surface area (Å²) in [6.45, 7) is 0. The highest BCUT2D eigenvalue weighted by Gasteiger charge is 2.19. The summed E-state index contributed by atoms with van der Waals surface area (Å²) in [7, 11) is 0. The summed E-state index contributed by atoms with van der Waals surface area (Å²) in [5.74, 6) is 0. The highest BCUT2D eigenvalue weighted by atomic mass is 15.4. The largest absolute Gasteiger partial charge is 0.309 e. The molecule has 0 aliphatic heterocycles. The highest BCUT2D eigenvalue weighted by molar-refractivity contribution is 6.15. The van der Waals surface area contributed by atoms with Gasteiger partial charge in [0.15, 0.2) is 0 Å². The smallest absolute Gasteiger partial charge is 0.0710 e. The fourth-order valence-electron chi connectivity index (χ4n) is 9.57. The van der Waals surface area contributed by atoms with Crippen LogP contribution in [0.5, 0.6) is 0 Å². The van der Waals surface area contributed by atoms with Crippen molar-refractivity contribution < 1.29 is 0 Å². The van der Waals surface area contributed by atoms with Gasteiger partial charge in [-0.15, -0.1) is 0 Å². The van der Waals surface area contributed by atoms with Gasteiger partial charge in [0, 0.05) is 26.9 Å². The molecule has 0 atom stereocenters. The third-order valence-electron chi connectivity index (χ3n) is 12.8. The Labute approximate surface area is 377 Å². The molecular weight excluding hydrogens is 789 g/mol. The predicted octanol–water partition coefficient (Wildman–Crippen LogP) is 15.7. The Bertz CT molecular complexity index is 3780. The van der Waals surface area contributed by atoms with Crippen molar-refractivity contribution in [2.75, 3.05) is 5.43 Å². The number of nitrogens with one attached hydrogen (secondary N) is 2. The zero-order valence-electron chi connectivity index (χ0n) is 35.5. The van der Waals surface area contributed by atoms with Crippen molar-refractivity contribution >= 4 is 65.8 Å². The Morgan fingerprint density at radius 3 is 1.31 bits per heavy atom. The molecule has 306 valence electrons. The molecular formula is C61H42N4. The van der Waals surface area contributed by atoms with Gasteiger partial charge in [0.1, 0.15) is 0 Å². The number of hydrogen-bond acceptors (Lipinski definition) is 2. The van der Waals surface area contributed by atoms with Gasteiger partial charge in [-0.1, -0.05) is 182 Å². The number of benzene rings is 10. The maximum Gasteiger partial charge on any atom is 0.0710 e. The average Bonchev–Trinajstić information content (AvgIpc) is 3.87. The molecule has 12 aromatic rings. The standard InChI is InChI=1S/C61H42N4/c62-55(44-21-9-3-10-22-44)40-56(45-23-11-4-12-24-45)63-65-60-34-30-47(42-18-7-2-8-19-42)37-53(60)54-39-49(31-35-61(54)65)48-29-33-59-52(38-48)51-36-46(41-16-5-1-6-17-41)28-32-58(51)64(59)57-27-15-25-43-20-13-14-26-50(43)57/h1-40,62-63H/b56-40-,62-55?. The lowest BCUT2D eigenvalue weighted by Crippen LogP contribution is -2.14. The van der Waals surface area contributed by atoms with Crippen molar-refractivity contribution in [1.29, 1.82) is 5.41 Å². The van der Waals surface area contributed by atoms with Crippen molar-refractivity contribution in [1.82, 2.24) is 9.24 Å². The minimum absolute atomic E-state index is 0.430. The van der Waals surface area contributed by atoms with Crippen LogP contribution < -0.4 is 5.43 Å². The Kier molecular flexibility index (Phi) is 9.28. The van der Waals surface area contributed by atoms with Crippen LogP contribution in [0.15, 0.2) is 243 Å². The zero-order chi connectivity index (χ0) is 43.3. The van der Waals surface area contributed by atoms with Gasteiger partial charge >= 0.3 is 0 Å². The lowest BCUT2D eigenvalue weighted by Gasteiger charge is -2.16. The molecule has 0 fully saturated rings. The number of nitrogens with zero attached hydrogens (tertiary/aromatic N) is 2. The monoisotopic (exact) mass is 830 g/mol. The van der Waals surface area contributed by atoms with E-state index in [0.29, 0.717) is 5.71 Å². The quantitative estimate of drug-likeness (QED) is 0.140. The van der Waals surface area contributed by atoms with E-state index in [4.69, 9.17) is 5.41 Å². The van der Waals surface area contributed by atoms with Crippen LogP contribution in [0.1, 0.15) is 11.1 Å². The topological polar surface area (TPSA) is 45.7 Å². The summed E-state index contributed by atoms with van der Waals surface area (Å²) in [6, 6.07) is 84.1. The second-order valence-electron chi connectivity index (χ2n) is 16.6. The maximum absolute atomic E-state index is 9.13. The second kappa shape index (κ2) is 15.9. The van der Waals surface area contributed by atoms with Gasteiger partial charge in [0.05, 0.1) is 39.2 Å². The third kappa shape index (κ3) is 6.76. The molecule has 65 heavy (non-hydrogen) atoms. The van der Waals surface area contributed by atoms with Crippen LogP contribution >= 0.6 is 0 Å². The molecule has 0 aliphatic carbocycles. The number of hydrogen-bond donors (Lipinski definition) is 2. The third-order valence-corrected chi connectivity index (χ3v) is 12.8. The molecule has 12 rings (SSSR count). The molecule has 0 spiro atoms. The fourth-order valence-corrected chi connectivity index (χ4v) is 9.57. The highest BCUT2D eigenvalue weighted by Crippen LogP contribution is 2.40. The molecule has 0 saturated carbocycles. The molecule has 0 radical (unpaired) electrons. The fraction of sp³-hybridized carbons (Fsp3) is 0. The second-order valence-corrected chi connectivity index (χ2v) is 16.6. The average molecular weight is 831 g/mol. The van der Waals surface area contributed by atoms with Crippen LogP contribution in [0.25, 0.3) is 99.1 Å². The molecule has 0 saturated heterocycles. The predicted molar refractivity (Wildman–Crippen MR) is 275 cm³/mol. The number of fused-ring (bicyclic) bond motifs is 7. The van der Waals surface area contributed by atoms with Crippen molar-refractivity contribution in [3.63, 3.8) is 0 Å². The van der Waals surface area contributed by atoms with Gasteiger partial charge in [-0.05, 0) is 111 Å². The molecule has 10 aromatic carbocycles. The van der Waals surface area contributed by atoms with Crippen LogP contribution in [0.3, 0.4) is 0 Å². The van der Waals surface area contributed by atoms with Crippen LogP contribution in [0, 0.1) is 5.41 Å². The first-order chi connectivity index (χ1) is 32.1. The van der Waals surface area contributed by atoms with Gasteiger partial charge in [-0.25, -0.2) is 0 Å². The Hall–Kier alpha value is -8.73. The van der Waals surface area contributed by atoms with Gasteiger partial charge in [0.2, 0.25) is 0 Å². The molecule has 2 aromatic heterocycles. The van der Waals surface area contributed by atoms with E-state index in [-0.39, 0.29) is 0 Å². The van der Waals surface area contributed by atoms with E-state index < -0.39 is 0 Å².